The molecule has 0 saturated heterocycles. The number of rotatable bonds is 8. The summed E-state index contributed by atoms with van der Waals surface area (Å²) in [6.45, 7) is 1.93. The number of methoxy groups -OCH3 is 2. The molecule has 5 nitrogen and oxygen atoms in total. The molecule has 0 spiro atoms. The van der Waals surface area contributed by atoms with Crippen LogP contribution in [0.1, 0.15) is 6.42 Å². The first-order chi connectivity index (χ1) is 9.17. The van der Waals surface area contributed by atoms with Crippen LogP contribution in [0, 0.1) is 0 Å². The van der Waals surface area contributed by atoms with Crippen LogP contribution in [0.3, 0.4) is 0 Å². The smallest absolute Gasteiger partial charge is 0.306 e. The molecule has 1 rings (SSSR count). The van der Waals surface area contributed by atoms with Crippen LogP contribution in [0.5, 0.6) is 11.5 Å². The standard InChI is InChI=1S/C14H21NO4/c1-15(9-8-14(16)18-3)10-11-19-13-7-5-4-6-12(13)17-2/h4-7H,8-11H2,1-3H3. The summed E-state index contributed by atoms with van der Waals surface area (Å²) in [5, 5.41) is 0. The lowest BCUT2D eigenvalue weighted by atomic mass is 10.3. The number of hydrogen-bond acceptors (Lipinski definition) is 5. The minimum atomic E-state index is -0.197. The minimum Gasteiger partial charge on any atom is -0.493 e. The molecule has 0 heterocycles. The van der Waals surface area contributed by atoms with Crippen LogP contribution in [0.25, 0.3) is 0 Å². The van der Waals surface area contributed by atoms with Crippen molar-refractivity contribution in [2.45, 2.75) is 6.42 Å². The minimum absolute atomic E-state index is 0.197. The zero-order valence-corrected chi connectivity index (χ0v) is 11.7. The van der Waals surface area contributed by atoms with Crippen molar-refractivity contribution < 1.29 is 19.0 Å². The van der Waals surface area contributed by atoms with E-state index in [9.17, 15) is 4.79 Å². The Hall–Kier alpha value is -1.75. The van der Waals surface area contributed by atoms with E-state index in [2.05, 4.69) is 4.74 Å². The molecule has 19 heavy (non-hydrogen) atoms. The van der Waals surface area contributed by atoms with Gasteiger partial charge in [0.2, 0.25) is 0 Å². The second-order valence-electron chi connectivity index (χ2n) is 4.13. The molecule has 106 valence electrons. The van der Waals surface area contributed by atoms with E-state index in [1.807, 2.05) is 36.2 Å². The Morgan fingerprint density at radius 3 is 2.47 bits per heavy atom. The number of benzene rings is 1. The zero-order chi connectivity index (χ0) is 14.1. The molecule has 1 aromatic carbocycles. The van der Waals surface area contributed by atoms with Gasteiger partial charge < -0.3 is 19.1 Å². The second-order valence-corrected chi connectivity index (χ2v) is 4.13. The van der Waals surface area contributed by atoms with E-state index < -0.39 is 0 Å². The van der Waals surface area contributed by atoms with Gasteiger partial charge in [-0.1, -0.05) is 12.1 Å². The predicted molar refractivity (Wildman–Crippen MR) is 72.6 cm³/mol. The highest BCUT2D eigenvalue weighted by Crippen LogP contribution is 2.25. The van der Waals surface area contributed by atoms with E-state index in [-0.39, 0.29) is 5.97 Å². The average Bonchev–Trinajstić information content (AvgIpc) is 2.45. The van der Waals surface area contributed by atoms with Gasteiger partial charge in [-0.05, 0) is 19.2 Å². The maximum absolute atomic E-state index is 11.0. The van der Waals surface area contributed by atoms with E-state index in [0.29, 0.717) is 19.6 Å². The molecule has 0 saturated carbocycles. The summed E-state index contributed by atoms with van der Waals surface area (Å²) in [5.41, 5.74) is 0. The third kappa shape index (κ3) is 5.61. The Bertz CT molecular complexity index is 395. The molecule has 0 unspecified atom stereocenters. The largest absolute Gasteiger partial charge is 0.493 e. The van der Waals surface area contributed by atoms with Crippen LogP contribution in [0.2, 0.25) is 0 Å². The second kappa shape index (κ2) is 8.37. The normalized spacial score (nSPS) is 10.3. The Morgan fingerprint density at radius 2 is 1.84 bits per heavy atom. The number of carbonyl (C=O) groups excluding carboxylic acids is 1. The van der Waals surface area contributed by atoms with Gasteiger partial charge in [0.15, 0.2) is 11.5 Å². The van der Waals surface area contributed by atoms with Gasteiger partial charge in [-0.2, -0.15) is 0 Å². The first kappa shape index (κ1) is 15.3. The van der Waals surface area contributed by atoms with Crippen LogP contribution in [0.4, 0.5) is 0 Å². The molecule has 5 heteroatoms. The van der Waals surface area contributed by atoms with Crippen molar-refractivity contribution in [1.29, 1.82) is 0 Å². The van der Waals surface area contributed by atoms with Gasteiger partial charge >= 0.3 is 5.97 Å². The predicted octanol–water partition coefficient (Wildman–Crippen LogP) is 1.57. The average molecular weight is 267 g/mol. The van der Waals surface area contributed by atoms with Gasteiger partial charge in [0.1, 0.15) is 6.61 Å². The Kier molecular flexibility index (Phi) is 6.74. The van der Waals surface area contributed by atoms with Crippen molar-refractivity contribution in [1.82, 2.24) is 4.90 Å². The Balaban J connectivity index is 2.27. The number of esters is 1. The molecule has 0 fully saturated rings. The fourth-order valence-electron chi connectivity index (χ4n) is 1.55. The molecule has 0 atom stereocenters. The van der Waals surface area contributed by atoms with E-state index in [1.54, 1.807) is 7.11 Å². The molecule has 0 aliphatic rings. The van der Waals surface area contributed by atoms with Crippen LogP contribution in [-0.4, -0.2) is 51.8 Å². The third-order valence-corrected chi connectivity index (χ3v) is 2.72. The van der Waals surface area contributed by atoms with Gasteiger partial charge in [0.25, 0.3) is 0 Å². The summed E-state index contributed by atoms with van der Waals surface area (Å²) in [6.07, 6.45) is 0.391. The van der Waals surface area contributed by atoms with Crippen LogP contribution < -0.4 is 9.47 Å². The fraction of sp³-hybridized carbons (Fsp3) is 0.500. The van der Waals surface area contributed by atoms with Crippen molar-refractivity contribution in [3.05, 3.63) is 24.3 Å². The summed E-state index contributed by atoms with van der Waals surface area (Å²) in [5.74, 6) is 1.25. The molecule has 0 N–H and O–H groups in total. The van der Waals surface area contributed by atoms with Crippen molar-refractivity contribution in [3.63, 3.8) is 0 Å². The van der Waals surface area contributed by atoms with Crippen LogP contribution >= 0.6 is 0 Å². The third-order valence-electron chi connectivity index (χ3n) is 2.72. The van der Waals surface area contributed by atoms with Crippen LogP contribution in [-0.2, 0) is 9.53 Å². The quantitative estimate of drug-likeness (QED) is 0.669. The summed E-state index contributed by atoms with van der Waals surface area (Å²) in [4.78, 5) is 13.0. The highest BCUT2D eigenvalue weighted by molar-refractivity contribution is 5.69. The van der Waals surface area contributed by atoms with Crippen LogP contribution in [0.15, 0.2) is 24.3 Å². The van der Waals surface area contributed by atoms with Gasteiger partial charge in [-0.15, -0.1) is 0 Å². The van der Waals surface area contributed by atoms with Crippen molar-refractivity contribution in [2.75, 3.05) is 41.0 Å². The molecular formula is C14H21NO4. The highest BCUT2D eigenvalue weighted by Gasteiger charge is 2.06. The zero-order valence-electron chi connectivity index (χ0n) is 11.7. The van der Waals surface area contributed by atoms with Gasteiger partial charge in [-0.25, -0.2) is 0 Å². The van der Waals surface area contributed by atoms with Crippen molar-refractivity contribution in [3.8, 4) is 11.5 Å². The molecule has 0 amide bonds. The molecule has 0 aliphatic heterocycles. The lowest BCUT2D eigenvalue weighted by Gasteiger charge is -2.17. The molecule has 0 bridgehead atoms. The van der Waals surface area contributed by atoms with Gasteiger partial charge in [0, 0.05) is 13.1 Å². The lowest BCUT2D eigenvalue weighted by Crippen LogP contribution is -2.27. The SMILES string of the molecule is COC(=O)CCN(C)CCOc1ccccc1OC. The monoisotopic (exact) mass is 267 g/mol. The Labute approximate surface area is 114 Å². The maximum atomic E-state index is 11.0. The number of carbonyl (C=O) groups is 1. The number of ether oxygens (including phenoxy) is 3. The summed E-state index contributed by atoms with van der Waals surface area (Å²) in [7, 11) is 4.95. The summed E-state index contributed by atoms with van der Waals surface area (Å²) >= 11 is 0. The highest BCUT2D eigenvalue weighted by atomic mass is 16.5. The molecule has 0 radical (unpaired) electrons. The van der Waals surface area contributed by atoms with Crippen molar-refractivity contribution in [2.24, 2.45) is 0 Å². The number of hydrogen-bond donors (Lipinski definition) is 0. The van der Waals surface area contributed by atoms with E-state index in [0.717, 1.165) is 18.0 Å². The topological polar surface area (TPSA) is 48.0 Å². The lowest BCUT2D eigenvalue weighted by molar-refractivity contribution is -0.140. The first-order valence-electron chi connectivity index (χ1n) is 6.18. The van der Waals surface area contributed by atoms with Gasteiger partial charge in [0.05, 0.1) is 20.6 Å². The van der Waals surface area contributed by atoms with Gasteiger partial charge in [-0.3, -0.25) is 4.79 Å². The van der Waals surface area contributed by atoms with E-state index >= 15 is 0 Å². The molecule has 0 aliphatic carbocycles. The summed E-state index contributed by atoms with van der Waals surface area (Å²) < 4.78 is 15.4. The van der Waals surface area contributed by atoms with E-state index in [1.165, 1.54) is 7.11 Å². The molecule has 0 aromatic heterocycles. The molecule has 1 aromatic rings. The summed E-state index contributed by atoms with van der Waals surface area (Å²) in [6, 6.07) is 7.52. The maximum Gasteiger partial charge on any atom is 0.306 e. The number of nitrogens with zero attached hydrogens (tertiary/aromatic N) is 1. The fourth-order valence-corrected chi connectivity index (χ4v) is 1.55. The van der Waals surface area contributed by atoms with E-state index in [4.69, 9.17) is 9.47 Å². The Morgan fingerprint density at radius 1 is 1.16 bits per heavy atom. The first-order valence-corrected chi connectivity index (χ1v) is 6.18. The number of likely N-dealkylation sites (N-methyl/N-ethyl adjacent to an activating group) is 1. The van der Waals surface area contributed by atoms with Crippen molar-refractivity contribution >= 4 is 5.97 Å². The number of para-hydroxylation sites is 2. The molecular weight excluding hydrogens is 246 g/mol.